The molecule has 1 aliphatic rings. The highest BCUT2D eigenvalue weighted by atomic mass is 127. The molecule has 2 unspecified atom stereocenters. The monoisotopic (exact) mass is 421 g/mol. The van der Waals surface area contributed by atoms with E-state index in [0.717, 1.165) is 24.1 Å². The molecule has 2 aromatic carbocycles. The summed E-state index contributed by atoms with van der Waals surface area (Å²) in [5, 5.41) is 0. The number of nitrogens with zero attached hydrogens (tertiary/aromatic N) is 1. The van der Waals surface area contributed by atoms with Crippen molar-refractivity contribution in [2.75, 3.05) is 20.1 Å². The van der Waals surface area contributed by atoms with Gasteiger partial charge in [0, 0.05) is 5.56 Å². The van der Waals surface area contributed by atoms with Crippen molar-refractivity contribution in [3.8, 4) is 0 Å². The van der Waals surface area contributed by atoms with Crippen molar-refractivity contribution >= 4 is 5.78 Å². The number of rotatable bonds is 3. The second-order valence-corrected chi connectivity index (χ2v) is 6.79. The Balaban J connectivity index is 0.00000192. The average Bonchev–Trinajstić information content (AvgIpc) is 2.52. The van der Waals surface area contributed by atoms with Crippen molar-refractivity contribution in [1.82, 2.24) is 0 Å². The van der Waals surface area contributed by atoms with E-state index in [1.54, 1.807) is 0 Å². The van der Waals surface area contributed by atoms with Crippen LogP contribution in [0.2, 0.25) is 0 Å². The quantitative estimate of drug-likeness (QED) is 0.527. The lowest BCUT2D eigenvalue weighted by molar-refractivity contribution is -0.925. The van der Waals surface area contributed by atoms with Gasteiger partial charge in [0.1, 0.15) is 6.54 Å². The van der Waals surface area contributed by atoms with Gasteiger partial charge in [-0.2, -0.15) is 0 Å². The van der Waals surface area contributed by atoms with Crippen LogP contribution in [0.4, 0.5) is 0 Å². The highest BCUT2D eigenvalue weighted by Gasteiger charge is 2.37. The molecule has 122 valence electrons. The van der Waals surface area contributed by atoms with Gasteiger partial charge >= 0.3 is 0 Å². The maximum absolute atomic E-state index is 12.5. The third kappa shape index (κ3) is 4.21. The zero-order valence-corrected chi connectivity index (χ0v) is 16.0. The number of ketones is 1. The molecule has 0 N–H and O–H groups in total. The lowest BCUT2D eigenvalue weighted by atomic mass is 9.85. The van der Waals surface area contributed by atoms with Gasteiger partial charge in [-0.25, -0.2) is 0 Å². The van der Waals surface area contributed by atoms with E-state index in [1.165, 1.54) is 16.7 Å². The Morgan fingerprint density at radius 3 is 2.39 bits per heavy atom. The minimum Gasteiger partial charge on any atom is -1.00 e. The smallest absolute Gasteiger partial charge is 0.151 e. The molecule has 2 aromatic rings. The van der Waals surface area contributed by atoms with Gasteiger partial charge in [0.2, 0.25) is 0 Å². The highest BCUT2D eigenvalue weighted by Crippen LogP contribution is 2.30. The van der Waals surface area contributed by atoms with Crippen LogP contribution in [-0.4, -0.2) is 30.4 Å². The zero-order chi connectivity index (χ0) is 15.6. The third-order valence-electron chi connectivity index (χ3n) is 4.88. The minimum atomic E-state index is 0. The standard InChI is InChI=1S/C20H24NO.HI/c1-16-8-6-7-11-18(16)19-15-21(2,13-12-20(19)22)14-17-9-4-3-5-10-17;/h3-11,19H,12-15H2,1-2H3;1H/q+1;/p-1. The largest absolute Gasteiger partial charge is 1.00 e. The number of hydrogen-bond donors (Lipinski definition) is 0. The van der Waals surface area contributed by atoms with Gasteiger partial charge in [-0.15, -0.1) is 0 Å². The van der Waals surface area contributed by atoms with Gasteiger partial charge in [0.15, 0.2) is 5.78 Å². The van der Waals surface area contributed by atoms with E-state index in [9.17, 15) is 4.79 Å². The van der Waals surface area contributed by atoms with Crippen LogP contribution in [0.5, 0.6) is 0 Å². The maximum Gasteiger partial charge on any atom is 0.151 e. The molecule has 1 heterocycles. The van der Waals surface area contributed by atoms with Crippen LogP contribution in [0.15, 0.2) is 54.6 Å². The Bertz CT molecular complexity index is 670. The number of aryl methyl sites for hydroxylation is 1. The first-order valence-corrected chi connectivity index (χ1v) is 8.03. The number of piperidine rings is 1. The van der Waals surface area contributed by atoms with E-state index in [1.807, 2.05) is 12.1 Å². The lowest BCUT2D eigenvalue weighted by Gasteiger charge is -2.41. The number of carbonyl (C=O) groups is 1. The molecule has 0 spiro atoms. The van der Waals surface area contributed by atoms with E-state index in [-0.39, 0.29) is 29.9 Å². The Kier molecular flexibility index (Phi) is 5.98. The highest BCUT2D eigenvalue weighted by molar-refractivity contribution is 5.86. The third-order valence-corrected chi connectivity index (χ3v) is 4.88. The van der Waals surface area contributed by atoms with E-state index < -0.39 is 0 Å². The first-order valence-electron chi connectivity index (χ1n) is 8.03. The van der Waals surface area contributed by atoms with Gasteiger partial charge in [-0.05, 0) is 18.1 Å². The molecule has 1 fully saturated rings. The fraction of sp³-hybridized carbons (Fsp3) is 0.350. The molecule has 2 nitrogen and oxygen atoms in total. The molecule has 0 radical (unpaired) electrons. The molecule has 2 atom stereocenters. The van der Waals surface area contributed by atoms with Crippen LogP contribution in [-0.2, 0) is 11.3 Å². The number of likely N-dealkylation sites (tertiary alicyclic amines) is 1. The maximum atomic E-state index is 12.5. The van der Waals surface area contributed by atoms with E-state index in [2.05, 4.69) is 56.4 Å². The molecule has 1 saturated heterocycles. The molecule has 0 bridgehead atoms. The van der Waals surface area contributed by atoms with Crippen molar-refractivity contribution < 1.29 is 33.3 Å². The summed E-state index contributed by atoms with van der Waals surface area (Å²) in [7, 11) is 2.28. The molecule has 0 aromatic heterocycles. The average molecular weight is 421 g/mol. The molecule has 3 rings (SSSR count). The van der Waals surface area contributed by atoms with Gasteiger partial charge < -0.3 is 28.5 Å². The molecule has 23 heavy (non-hydrogen) atoms. The van der Waals surface area contributed by atoms with Gasteiger partial charge in [-0.1, -0.05) is 54.6 Å². The van der Waals surface area contributed by atoms with Crippen molar-refractivity contribution in [3.05, 3.63) is 71.3 Å². The summed E-state index contributed by atoms with van der Waals surface area (Å²) in [6.45, 7) is 4.95. The van der Waals surface area contributed by atoms with Gasteiger partial charge in [0.05, 0.1) is 32.5 Å². The predicted octanol–water partition coefficient (Wildman–Crippen LogP) is 0.702. The van der Waals surface area contributed by atoms with E-state index >= 15 is 0 Å². The topological polar surface area (TPSA) is 17.1 Å². The van der Waals surface area contributed by atoms with Crippen molar-refractivity contribution in [3.63, 3.8) is 0 Å². The lowest BCUT2D eigenvalue weighted by Crippen LogP contribution is -3.00. The van der Waals surface area contributed by atoms with E-state index in [4.69, 9.17) is 0 Å². The molecule has 0 amide bonds. The molecule has 0 aliphatic carbocycles. The summed E-state index contributed by atoms with van der Waals surface area (Å²) < 4.78 is 0.939. The second kappa shape index (κ2) is 7.58. The normalized spacial score (nSPS) is 24.1. The summed E-state index contributed by atoms with van der Waals surface area (Å²) in [5.74, 6) is 0.446. The van der Waals surface area contributed by atoms with E-state index in [0.29, 0.717) is 12.2 Å². The number of likely N-dealkylation sites (N-methyl/N-ethyl adjacent to an activating group) is 1. The van der Waals surface area contributed by atoms with Crippen LogP contribution >= 0.6 is 0 Å². The fourth-order valence-electron chi connectivity index (χ4n) is 3.61. The summed E-state index contributed by atoms with van der Waals surface area (Å²) in [6.07, 6.45) is 0.683. The summed E-state index contributed by atoms with van der Waals surface area (Å²) in [4.78, 5) is 12.5. The molecule has 1 aliphatic heterocycles. The summed E-state index contributed by atoms with van der Waals surface area (Å²) >= 11 is 0. The van der Waals surface area contributed by atoms with Crippen LogP contribution in [0, 0.1) is 6.92 Å². The molecule has 0 saturated carbocycles. The van der Waals surface area contributed by atoms with Crippen molar-refractivity contribution in [2.45, 2.75) is 25.8 Å². The SMILES string of the molecule is Cc1ccccc1C1C[N+](C)(Cc2ccccc2)CCC1=O.[I-]. The van der Waals surface area contributed by atoms with Gasteiger partial charge in [0.25, 0.3) is 0 Å². The number of carbonyl (C=O) groups excluding carboxylic acids is 1. The number of quaternary nitrogens is 1. The molecular formula is C20H24INO. The number of Topliss-reactive ketones (excluding diaryl/α,β-unsaturated/α-hetero) is 1. The Morgan fingerprint density at radius 2 is 1.70 bits per heavy atom. The Labute approximate surface area is 156 Å². The molecular weight excluding hydrogens is 397 g/mol. The fourth-order valence-corrected chi connectivity index (χ4v) is 3.61. The van der Waals surface area contributed by atoms with Crippen LogP contribution < -0.4 is 24.0 Å². The van der Waals surface area contributed by atoms with Gasteiger partial charge in [-0.3, -0.25) is 4.79 Å². The second-order valence-electron chi connectivity index (χ2n) is 6.79. The minimum absolute atomic E-state index is 0. The first-order chi connectivity index (χ1) is 10.6. The number of benzene rings is 2. The predicted molar refractivity (Wildman–Crippen MR) is 89.6 cm³/mol. The first kappa shape index (κ1) is 18.1. The zero-order valence-electron chi connectivity index (χ0n) is 13.8. The molecule has 3 heteroatoms. The number of hydrogen-bond acceptors (Lipinski definition) is 1. The van der Waals surface area contributed by atoms with Crippen molar-refractivity contribution in [2.24, 2.45) is 0 Å². The van der Waals surface area contributed by atoms with Crippen molar-refractivity contribution in [1.29, 1.82) is 0 Å². The van der Waals surface area contributed by atoms with Crippen LogP contribution in [0.1, 0.15) is 29.0 Å². The van der Waals surface area contributed by atoms with Crippen LogP contribution in [0.3, 0.4) is 0 Å². The Morgan fingerprint density at radius 1 is 1.04 bits per heavy atom. The number of halogens is 1. The Hall–Kier alpha value is -1.20. The summed E-state index contributed by atoms with van der Waals surface area (Å²) in [6, 6.07) is 18.9. The van der Waals surface area contributed by atoms with Crippen LogP contribution in [0.25, 0.3) is 0 Å². The summed E-state index contributed by atoms with van der Waals surface area (Å²) in [5.41, 5.74) is 3.79.